The minimum absolute atomic E-state index is 0.00187. The van der Waals surface area contributed by atoms with Crippen molar-refractivity contribution >= 4 is 17.5 Å². The predicted molar refractivity (Wildman–Crippen MR) is 72.0 cm³/mol. The van der Waals surface area contributed by atoms with E-state index in [2.05, 4.69) is 6.92 Å². The summed E-state index contributed by atoms with van der Waals surface area (Å²) in [5, 5.41) is 10.2. The molecule has 4 heteroatoms. The Labute approximate surface area is 112 Å². The number of piperidine rings is 1. The van der Waals surface area contributed by atoms with Crippen molar-refractivity contribution in [3.8, 4) is 5.75 Å². The maximum absolute atomic E-state index is 12.3. The van der Waals surface area contributed by atoms with Crippen molar-refractivity contribution in [2.24, 2.45) is 5.92 Å². The fourth-order valence-electron chi connectivity index (χ4n) is 2.39. The van der Waals surface area contributed by atoms with Gasteiger partial charge in [-0.25, -0.2) is 0 Å². The van der Waals surface area contributed by atoms with Crippen molar-refractivity contribution in [3.63, 3.8) is 0 Å². The highest BCUT2D eigenvalue weighted by atomic mass is 35.5. The van der Waals surface area contributed by atoms with Crippen LogP contribution in [0.3, 0.4) is 0 Å². The normalized spacial score (nSPS) is 16.9. The number of nitrogens with zero attached hydrogens (tertiary/aromatic N) is 1. The van der Waals surface area contributed by atoms with E-state index < -0.39 is 0 Å². The Morgan fingerprint density at radius 2 is 2.11 bits per heavy atom. The van der Waals surface area contributed by atoms with Gasteiger partial charge in [0, 0.05) is 18.1 Å². The van der Waals surface area contributed by atoms with Gasteiger partial charge in [0.05, 0.1) is 5.56 Å². The number of amides is 1. The number of carbonyl (C=O) groups is 1. The Kier molecular flexibility index (Phi) is 4.12. The van der Waals surface area contributed by atoms with Gasteiger partial charge in [0.25, 0.3) is 5.91 Å². The number of likely N-dealkylation sites (tertiary alicyclic amines) is 1. The van der Waals surface area contributed by atoms with Gasteiger partial charge in [0.1, 0.15) is 5.75 Å². The average molecular weight is 268 g/mol. The van der Waals surface area contributed by atoms with E-state index in [1.165, 1.54) is 18.6 Å². The lowest BCUT2D eigenvalue weighted by Crippen LogP contribution is -2.38. The van der Waals surface area contributed by atoms with Crippen LogP contribution in [0.4, 0.5) is 0 Å². The SMILES string of the molecule is CCC1CCN(C(=O)c2cc(Cl)ccc2O)CC1. The molecule has 0 aromatic heterocycles. The van der Waals surface area contributed by atoms with Crippen LogP contribution in [0.1, 0.15) is 36.5 Å². The molecule has 1 fully saturated rings. The van der Waals surface area contributed by atoms with Gasteiger partial charge in [-0.1, -0.05) is 24.9 Å². The molecule has 18 heavy (non-hydrogen) atoms. The summed E-state index contributed by atoms with van der Waals surface area (Å²) in [6, 6.07) is 4.58. The Morgan fingerprint density at radius 3 is 2.72 bits per heavy atom. The van der Waals surface area contributed by atoms with Crippen LogP contribution in [-0.2, 0) is 0 Å². The monoisotopic (exact) mass is 267 g/mol. The van der Waals surface area contributed by atoms with Crippen LogP contribution in [-0.4, -0.2) is 29.0 Å². The number of hydrogen-bond donors (Lipinski definition) is 1. The largest absolute Gasteiger partial charge is 0.507 e. The molecule has 1 heterocycles. The molecule has 0 atom stereocenters. The van der Waals surface area contributed by atoms with Crippen molar-refractivity contribution in [1.29, 1.82) is 0 Å². The predicted octanol–water partition coefficient (Wildman–Crippen LogP) is 3.31. The molecule has 1 aliphatic heterocycles. The topological polar surface area (TPSA) is 40.5 Å². The molecule has 1 saturated heterocycles. The first-order valence-corrected chi connectivity index (χ1v) is 6.77. The molecule has 0 spiro atoms. The van der Waals surface area contributed by atoms with Gasteiger partial charge in [-0.15, -0.1) is 0 Å². The fourth-order valence-corrected chi connectivity index (χ4v) is 2.57. The molecule has 0 radical (unpaired) electrons. The molecule has 1 aromatic carbocycles. The van der Waals surface area contributed by atoms with E-state index in [9.17, 15) is 9.90 Å². The van der Waals surface area contributed by atoms with Crippen molar-refractivity contribution < 1.29 is 9.90 Å². The first kappa shape index (κ1) is 13.2. The summed E-state index contributed by atoms with van der Waals surface area (Å²) < 4.78 is 0. The third-order valence-corrected chi connectivity index (χ3v) is 3.90. The molecule has 0 unspecified atom stereocenters. The van der Waals surface area contributed by atoms with E-state index in [4.69, 9.17) is 11.6 Å². The number of hydrogen-bond acceptors (Lipinski definition) is 2. The molecule has 3 nitrogen and oxygen atoms in total. The van der Waals surface area contributed by atoms with Gasteiger partial charge in [-0.2, -0.15) is 0 Å². The van der Waals surface area contributed by atoms with Crippen LogP contribution in [0.25, 0.3) is 0 Å². The van der Waals surface area contributed by atoms with Crippen molar-refractivity contribution in [1.82, 2.24) is 4.90 Å². The first-order chi connectivity index (χ1) is 8.61. The summed E-state index contributed by atoms with van der Waals surface area (Å²) in [5.74, 6) is 0.605. The Bertz CT molecular complexity index is 439. The van der Waals surface area contributed by atoms with Crippen molar-refractivity contribution in [3.05, 3.63) is 28.8 Å². The van der Waals surface area contributed by atoms with Crippen LogP contribution < -0.4 is 0 Å². The van der Waals surface area contributed by atoms with Gasteiger partial charge >= 0.3 is 0 Å². The number of halogens is 1. The quantitative estimate of drug-likeness (QED) is 0.893. The van der Waals surface area contributed by atoms with E-state index in [-0.39, 0.29) is 11.7 Å². The fraction of sp³-hybridized carbons (Fsp3) is 0.500. The first-order valence-electron chi connectivity index (χ1n) is 6.39. The number of carbonyl (C=O) groups excluding carboxylic acids is 1. The molecular weight excluding hydrogens is 250 g/mol. The molecule has 1 N–H and O–H groups in total. The van der Waals surface area contributed by atoms with Crippen LogP contribution in [0.5, 0.6) is 5.75 Å². The maximum atomic E-state index is 12.3. The van der Waals surface area contributed by atoms with Crippen molar-refractivity contribution in [2.45, 2.75) is 26.2 Å². The van der Waals surface area contributed by atoms with Gasteiger partial charge in [0.2, 0.25) is 0 Å². The lowest BCUT2D eigenvalue weighted by Gasteiger charge is -2.31. The zero-order chi connectivity index (χ0) is 13.1. The van der Waals surface area contributed by atoms with Crippen molar-refractivity contribution in [2.75, 3.05) is 13.1 Å². The highest BCUT2D eigenvalue weighted by Gasteiger charge is 2.24. The Hall–Kier alpha value is -1.22. The Balaban J connectivity index is 2.10. The van der Waals surface area contributed by atoms with Gasteiger partial charge in [-0.3, -0.25) is 4.79 Å². The van der Waals surface area contributed by atoms with Crippen LogP contribution >= 0.6 is 11.6 Å². The minimum atomic E-state index is -0.121. The molecular formula is C14H18ClNO2. The summed E-state index contributed by atoms with van der Waals surface area (Å²) in [4.78, 5) is 14.1. The van der Waals surface area contributed by atoms with E-state index in [0.29, 0.717) is 10.6 Å². The highest BCUT2D eigenvalue weighted by Crippen LogP contribution is 2.26. The highest BCUT2D eigenvalue weighted by molar-refractivity contribution is 6.31. The van der Waals surface area contributed by atoms with E-state index in [1.54, 1.807) is 11.0 Å². The second kappa shape index (κ2) is 5.61. The summed E-state index contributed by atoms with van der Waals surface area (Å²) >= 11 is 5.86. The number of phenolic OH excluding ortho intramolecular Hbond substituents is 1. The lowest BCUT2D eigenvalue weighted by atomic mass is 9.94. The second-order valence-electron chi connectivity index (χ2n) is 4.81. The molecule has 2 rings (SSSR count). The zero-order valence-corrected chi connectivity index (χ0v) is 11.3. The van der Waals surface area contributed by atoms with E-state index in [0.717, 1.165) is 31.8 Å². The molecule has 0 saturated carbocycles. The molecule has 1 aromatic rings. The number of benzene rings is 1. The number of aromatic hydroxyl groups is 1. The lowest BCUT2D eigenvalue weighted by molar-refractivity contribution is 0.0686. The molecule has 0 aliphatic carbocycles. The second-order valence-corrected chi connectivity index (χ2v) is 5.24. The summed E-state index contributed by atoms with van der Waals surface area (Å²) in [6.45, 7) is 3.72. The zero-order valence-electron chi connectivity index (χ0n) is 10.5. The summed E-state index contributed by atoms with van der Waals surface area (Å²) in [5.41, 5.74) is 0.303. The molecule has 98 valence electrons. The minimum Gasteiger partial charge on any atom is -0.507 e. The van der Waals surface area contributed by atoms with E-state index >= 15 is 0 Å². The molecule has 1 amide bonds. The van der Waals surface area contributed by atoms with Gasteiger partial charge in [-0.05, 0) is 37.0 Å². The van der Waals surface area contributed by atoms with Crippen LogP contribution in [0.2, 0.25) is 5.02 Å². The number of rotatable bonds is 2. The summed E-state index contributed by atoms with van der Waals surface area (Å²) in [7, 11) is 0. The summed E-state index contributed by atoms with van der Waals surface area (Å²) in [6.07, 6.45) is 3.26. The van der Waals surface area contributed by atoms with Gasteiger partial charge < -0.3 is 10.0 Å². The van der Waals surface area contributed by atoms with E-state index in [1.807, 2.05) is 0 Å². The smallest absolute Gasteiger partial charge is 0.257 e. The standard InChI is InChI=1S/C14H18ClNO2/c1-2-10-5-7-16(8-6-10)14(18)12-9-11(15)3-4-13(12)17/h3-4,9-10,17H,2,5-8H2,1H3. The van der Waals surface area contributed by atoms with Crippen LogP contribution in [0, 0.1) is 5.92 Å². The molecule has 0 bridgehead atoms. The third-order valence-electron chi connectivity index (χ3n) is 3.67. The molecule has 1 aliphatic rings. The average Bonchev–Trinajstić information content (AvgIpc) is 2.41. The Morgan fingerprint density at radius 1 is 1.44 bits per heavy atom. The maximum Gasteiger partial charge on any atom is 0.257 e. The van der Waals surface area contributed by atoms with Crippen LogP contribution in [0.15, 0.2) is 18.2 Å². The number of phenols is 1. The van der Waals surface area contributed by atoms with Gasteiger partial charge in [0.15, 0.2) is 0 Å². The third kappa shape index (κ3) is 2.78.